The first-order valence-electron chi connectivity index (χ1n) is 9.40. The van der Waals surface area contributed by atoms with Gasteiger partial charge in [0.1, 0.15) is 5.82 Å². The van der Waals surface area contributed by atoms with Crippen molar-refractivity contribution in [1.82, 2.24) is 19.4 Å². The van der Waals surface area contributed by atoms with Gasteiger partial charge < -0.3 is 14.3 Å². The lowest BCUT2D eigenvalue weighted by atomic mass is 10.2. The van der Waals surface area contributed by atoms with Crippen LogP contribution in [0.25, 0.3) is 22.1 Å². The molecular formula is C21H22N4O3. The van der Waals surface area contributed by atoms with E-state index in [0.29, 0.717) is 38.1 Å². The van der Waals surface area contributed by atoms with Gasteiger partial charge in [-0.15, -0.1) is 0 Å². The van der Waals surface area contributed by atoms with Crippen LogP contribution < -0.4 is 11.1 Å². The zero-order valence-corrected chi connectivity index (χ0v) is 15.7. The number of aryl methyl sites for hydroxylation is 2. The molecular weight excluding hydrogens is 356 g/mol. The maximum absolute atomic E-state index is 12.2. The predicted octanol–water partition coefficient (Wildman–Crippen LogP) is 2.85. The summed E-state index contributed by atoms with van der Waals surface area (Å²) in [4.78, 5) is 28.6. The minimum Gasteiger partial charge on any atom is -0.408 e. The maximum atomic E-state index is 12.2. The molecule has 0 aliphatic rings. The van der Waals surface area contributed by atoms with E-state index >= 15 is 0 Å². The lowest BCUT2D eigenvalue weighted by Crippen LogP contribution is -2.27. The summed E-state index contributed by atoms with van der Waals surface area (Å²) in [7, 11) is 0. The molecule has 7 nitrogen and oxygen atoms in total. The summed E-state index contributed by atoms with van der Waals surface area (Å²) in [5.41, 5.74) is 3.36. The molecule has 0 aliphatic carbocycles. The van der Waals surface area contributed by atoms with E-state index < -0.39 is 0 Å². The molecule has 0 aliphatic heterocycles. The number of benzene rings is 2. The first-order valence-corrected chi connectivity index (χ1v) is 9.40. The molecule has 0 fully saturated rings. The van der Waals surface area contributed by atoms with Crippen molar-refractivity contribution >= 4 is 28.0 Å². The van der Waals surface area contributed by atoms with Gasteiger partial charge in [-0.1, -0.05) is 24.3 Å². The molecule has 0 saturated carbocycles. The van der Waals surface area contributed by atoms with Crippen molar-refractivity contribution in [3.05, 3.63) is 64.9 Å². The molecule has 0 saturated heterocycles. The molecule has 0 radical (unpaired) electrons. The van der Waals surface area contributed by atoms with Crippen LogP contribution in [0.15, 0.2) is 57.7 Å². The molecule has 2 aromatic carbocycles. The van der Waals surface area contributed by atoms with E-state index in [1.54, 1.807) is 10.6 Å². The normalized spacial score (nSPS) is 11.3. The van der Waals surface area contributed by atoms with E-state index in [0.717, 1.165) is 22.4 Å². The number of imidazole rings is 1. The third-order valence-electron chi connectivity index (χ3n) is 4.86. The highest BCUT2D eigenvalue weighted by Crippen LogP contribution is 2.15. The summed E-state index contributed by atoms with van der Waals surface area (Å²) in [6.45, 7) is 3.63. The zero-order chi connectivity index (χ0) is 19.5. The Balaban J connectivity index is 1.28. The van der Waals surface area contributed by atoms with Crippen LogP contribution in [0.3, 0.4) is 0 Å². The van der Waals surface area contributed by atoms with E-state index in [1.807, 2.05) is 49.4 Å². The predicted molar refractivity (Wildman–Crippen MR) is 107 cm³/mol. The summed E-state index contributed by atoms with van der Waals surface area (Å²) in [5, 5.41) is 2.95. The van der Waals surface area contributed by atoms with Crippen LogP contribution in [-0.2, 0) is 17.9 Å². The fraction of sp³-hybridized carbons (Fsp3) is 0.286. The average Bonchev–Trinajstić information content (AvgIpc) is 3.18. The molecule has 0 spiro atoms. The molecule has 4 rings (SSSR count). The highest BCUT2D eigenvalue weighted by Gasteiger charge is 2.10. The third-order valence-corrected chi connectivity index (χ3v) is 4.86. The molecule has 2 heterocycles. The van der Waals surface area contributed by atoms with Crippen molar-refractivity contribution in [2.75, 3.05) is 6.54 Å². The molecule has 0 unspecified atom stereocenters. The van der Waals surface area contributed by atoms with Crippen LogP contribution in [0.2, 0.25) is 0 Å². The van der Waals surface area contributed by atoms with Gasteiger partial charge in [-0.05, 0) is 37.6 Å². The Labute approximate surface area is 161 Å². The number of amides is 1. The Bertz CT molecular complexity index is 1190. The number of nitrogens with zero attached hydrogens (tertiary/aromatic N) is 3. The molecule has 4 aromatic rings. The number of fused-ring (bicyclic) bond motifs is 2. The van der Waals surface area contributed by atoms with Crippen molar-refractivity contribution in [3.63, 3.8) is 0 Å². The van der Waals surface area contributed by atoms with Crippen molar-refractivity contribution in [2.24, 2.45) is 0 Å². The van der Waals surface area contributed by atoms with Gasteiger partial charge in [0.2, 0.25) is 5.91 Å². The smallest absolute Gasteiger partial charge is 0.408 e. The fourth-order valence-corrected chi connectivity index (χ4v) is 3.50. The Hall–Kier alpha value is -3.35. The second-order valence-electron chi connectivity index (χ2n) is 6.74. The Morgan fingerprint density at radius 1 is 1.04 bits per heavy atom. The lowest BCUT2D eigenvalue weighted by Gasteiger charge is -2.09. The van der Waals surface area contributed by atoms with Gasteiger partial charge in [0.15, 0.2) is 5.58 Å². The highest BCUT2D eigenvalue weighted by molar-refractivity contribution is 5.77. The standard InChI is InChI=1S/C21H22N4O3/c1-15-23-16-7-2-3-8-17(16)24(15)14-12-22-20(26)11-6-13-25-18-9-4-5-10-19(18)28-21(25)27/h2-5,7-10H,6,11-14H2,1H3,(H,22,26). The van der Waals surface area contributed by atoms with Crippen LogP contribution in [-0.4, -0.2) is 26.6 Å². The Morgan fingerprint density at radius 2 is 1.79 bits per heavy atom. The van der Waals surface area contributed by atoms with Crippen LogP contribution in [0.5, 0.6) is 0 Å². The quantitative estimate of drug-likeness (QED) is 0.536. The van der Waals surface area contributed by atoms with E-state index in [-0.39, 0.29) is 11.7 Å². The first-order chi connectivity index (χ1) is 13.6. The summed E-state index contributed by atoms with van der Waals surface area (Å²) in [6, 6.07) is 15.3. The number of carbonyl (C=O) groups is 1. The number of para-hydroxylation sites is 4. The Morgan fingerprint density at radius 3 is 2.64 bits per heavy atom. The molecule has 7 heteroatoms. The minimum atomic E-state index is -0.385. The van der Waals surface area contributed by atoms with E-state index in [2.05, 4.69) is 14.9 Å². The van der Waals surface area contributed by atoms with Gasteiger partial charge in [0, 0.05) is 26.1 Å². The second-order valence-corrected chi connectivity index (χ2v) is 6.74. The average molecular weight is 378 g/mol. The fourth-order valence-electron chi connectivity index (χ4n) is 3.50. The molecule has 0 bridgehead atoms. The van der Waals surface area contributed by atoms with E-state index in [9.17, 15) is 9.59 Å². The first kappa shape index (κ1) is 18.0. The third kappa shape index (κ3) is 3.55. The molecule has 1 amide bonds. The topological polar surface area (TPSA) is 82.1 Å². The van der Waals surface area contributed by atoms with Crippen molar-refractivity contribution in [1.29, 1.82) is 0 Å². The number of hydrogen-bond acceptors (Lipinski definition) is 4. The Kier molecular flexibility index (Phi) is 4.97. The summed E-state index contributed by atoms with van der Waals surface area (Å²) in [5.74, 6) is 0.522. The SMILES string of the molecule is Cc1nc2ccccc2n1CCNC(=O)CCCn1c(=O)oc2ccccc21. The van der Waals surface area contributed by atoms with Crippen molar-refractivity contribution in [3.8, 4) is 0 Å². The summed E-state index contributed by atoms with van der Waals surface area (Å²) in [6.07, 6.45) is 0.928. The van der Waals surface area contributed by atoms with Crippen LogP contribution in [0, 0.1) is 6.92 Å². The number of hydrogen-bond donors (Lipinski definition) is 1. The monoisotopic (exact) mass is 378 g/mol. The van der Waals surface area contributed by atoms with Crippen LogP contribution in [0.1, 0.15) is 18.7 Å². The van der Waals surface area contributed by atoms with Gasteiger partial charge in [-0.2, -0.15) is 0 Å². The van der Waals surface area contributed by atoms with E-state index in [4.69, 9.17) is 4.42 Å². The summed E-state index contributed by atoms with van der Waals surface area (Å²) >= 11 is 0. The van der Waals surface area contributed by atoms with Gasteiger partial charge in [-0.3, -0.25) is 9.36 Å². The minimum absolute atomic E-state index is 0.0251. The molecule has 144 valence electrons. The van der Waals surface area contributed by atoms with Crippen molar-refractivity contribution in [2.45, 2.75) is 32.9 Å². The number of aromatic nitrogens is 3. The lowest BCUT2D eigenvalue weighted by molar-refractivity contribution is -0.121. The second kappa shape index (κ2) is 7.72. The highest BCUT2D eigenvalue weighted by atomic mass is 16.4. The summed E-state index contributed by atoms with van der Waals surface area (Å²) < 4.78 is 8.88. The van der Waals surface area contributed by atoms with E-state index in [1.165, 1.54) is 0 Å². The van der Waals surface area contributed by atoms with Gasteiger partial charge in [0.25, 0.3) is 0 Å². The maximum Gasteiger partial charge on any atom is 0.419 e. The number of carbonyl (C=O) groups excluding carboxylic acids is 1. The number of nitrogens with one attached hydrogen (secondary N) is 1. The largest absolute Gasteiger partial charge is 0.419 e. The van der Waals surface area contributed by atoms with Gasteiger partial charge in [-0.25, -0.2) is 9.78 Å². The van der Waals surface area contributed by atoms with Gasteiger partial charge >= 0.3 is 5.76 Å². The molecule has 2 aromatic heterocycles. The van der Waals surface area contributed by atoms with Crippen LogP contribution in [0.4, 0.5) is 0 Å². The van der Waals surface area contributed by atoms with Crippen molar-refractivity contribution < 1.29 is 9.21 Å². The number of rotatable bonds is 7. The molecule has 1 N–H and O–H groups in total. The molecule has 0 atom stereocenters. The van der Waals surface area contributed by atoms with Crippen LogP contribution >= 0.6 is 0 Å². The molecule has 28 heavy (non-hydrogen) atoms. The zero-order valence-electron chi connectivity index (χ0n) is 15.7. The number of oxazole rings is 1. The van der Waals surface area contributed by atoms with Gasteiger partial charge in [0.05, 0.1) is 16.6 Å².